The number of anilines is 1. The van der Waals surface area contributed by atoms with Gasteiger partial charge in [0.2, 0.25) is 0 Å². The average molecular weight is 196 g/mol. The molecule has 1 rings (SSSR count). The maximum atomic E-state index is 5.61. The SMILES string of the molecule is CNC(C)C(P)c1ccc(N)cc1. The Bertz CT molecular complexity index is 258. The zero-order chi connectivity index (χ0) is 9.84. The molecule has 0 saturated heterocycles. The molecule has 0 bridgehead atoms. The van der Waals surface area contributed by atoms with Gasteiger partial charge >= 0.3 is 0 Å². The lowest BCUT2D eigenvalue weighted by molar-refractivity contribution is 0.598. The van der Waals surface area contributed by atoms with Crippen molar-refractivity contribution in [2.75, 3.05) is 12.8 Å². The number of hydrogen-bond donors (Lipinski definition) is 2. The Morgan fingerprint density at radius 2 is 1.85 bits per heavy atom. The molecule has 0 radical (unpaired) electrons. The van der Waals surface area contributed by atoms with E-state index < -0.39 is 0 Å². The molecule has 0 heterocycles. The van der Waals surface area contributed by atoms with Crippen LogP contribution in [0.3, 0.4) is 0 Å². The third-order valence-electron chi connectivity index (χ3n) is 2.32. The van der Waals surface area contributed by atoms with Gasteiger partial charge in [0.1, 0.15) is 0 Å². The molecule has 2 nitrogen and oxygen atoms in total. The van der Waals surface area contributed by atoms with E-state index in [2.05, 4.69) is 33.6 Å². The standard InChI is InChI=1S/C10H17N2P/c1-7(12-2)10(13)8-3-5-9(11)6-4-8/h3-7,10,12H,11,13H2,1-2H3. The highest BCUT2D eigenvalue weighted by Gasteiger charge is 2.11. The number of hydrogen-bond acceptors (Lipinski definition) is 2. The van der Waals surface area contributed by atoms with Gasteiger partial charge in [-0.25, -0.2) is 0 Å². The summed E-state index contributed by atoms with van der Waals surface area (Å²) in [5.41, 5.74) is 8.16. The Balaban J connectivity index is 2.77. The Morgan fingerprint density at radius 1 is 1.31 bits per heavy atom. The van der Waals surface area contributed by atoms with Crippen LogP contribution in [0.1, 0.15) is 18.1 Å². The van der Waals surface area contributed by atoms with E-state index in [-0.39, 0.29) is 0 Å². The summed E-state index contributed by atoms with van der Waals surface area (Å²) in [4.78, 5) is 0. The molecule has 3 unspecified atom stereocenters. The van der Waals surface area contributed by atoms with Gasteiger partial charge in [0.15, 0.2) is 0 Å². The molecule has 3 N–H and O–H groups in total. The van der Waals surface area contributed by atoms with Crippen molar-refractivity contribution in [1.29, 1.82) is 0 Å². The van der Waals surface area contributed by atoms with Gasteiger partial charge in [-0.3, -0.25) is 0 Å². The molecule has 0 aromatic heterocycles. The summed E-state index contributed by atoms with van der Waals surface area (Å²) in [6, 6.07) is 8.47. The van der Waals surface area contributed by atoms with E-state index in [9.17, 15) is 0 Å². The number of rotatable bonds is 3. The van der Waals surface area contributed by atoms with Crippen LogP contribution < -0.4 is 11.1 Å². The van der Waals surface area contributed by atoms with Crippen LogP contribution in [0.25, 0.3) is 0 Å². The van der Waals surface area contributed by atoms with E-state index in [4.69, 9.17) is 5.73 Å². The quantitative estimate of drug-likeness (QED) is 0.571. The van der Waals surface area contributed by atoms with E-state index in [1.807, 2.05) is 19.2 Å². The average Bonchev–Trinajstić information content (AvgIpc) is 2.17. The predicted octanol–water partition coefficient (Wildman–Crippen LogP) is 1.79. The minimum Gasteiger partial charge on any atom is -0.399 e. The maximum absolute atomic E-state index is 5.61. The summed E-state index contributed by atoms with van der Waals surface area (Å²) < 4.78 is 0. The molecule has 0 saturated carbocycles. The van der Waals surface area contributed by atoms with Crippen molar-refractivity contribution < 1.29 is 0 Å². The second-order valence-corrected chi connectivity index (χ2v) is 3.99. The van der Waals surface area contributed by atoms with Crippen molar-refractivity contribution in [2.24, 2.45) is 0 Å². The lowest BCUT2D eigenvalue weighted by Crippen LogP contribution is -2.25. The summed E-state index contributed by atoms with van der Waals surface area (Å²) >= 11 is 0. The van der Waals surface area contributed by atoms with E-state index in [0.717, 1.165) is 5.69 Å². The molecular formula is C10H17N2P. The van der Waals surface area contributed by atoms with Crippen molar-refractivity contribution in [2.45, 2.75) is 18.6 Å². The molecule has 0 aliphatic carbocycles. The van der Waals surface area contributed by atoms with Crippen LogP contribution in [-0.2, 0) is 0 Å². The highest BCUT2D eigenvalue weighted by atomic mass is 31.0. The second-order valence-electron chi connectivity index (χ2n) is 3.27. The fraction of sp³-hybridized carbons (Fsp3) is 0.400. The van der Waals surface area contributed by atoms with Crippen LogP contribution in [0, 0.1) is 0 Å². The Hall–Kier alpha value is -0.590. The summed E-state index contributed by atoms with van der Waals surface area (Å²) in [6.07, 6.45) is 0. The third-order valence-corrected chi connectivity index (χ3v) is 3.28. The van der Waals surface area contributed by atoms with Crippen LogP contribution in [-0.4, -0.2) is 13.1 Å². The number of nitrogen functional groups attached to an aromatic ring is 1. The van der Waals surface area contributed by atoms with Crippen molar-refractivity contribution >= 4 is 14.9 Å². The molecule has 72 valence electrons. The molecule has 0 fully saturated rings. The lowest BCUT2D eigenvalue weighted by atomic mass is 10.1. The van der Waals surface area contributed by atoms with Crippen molar-refractivity contribution in [1.82, 2.24) is 5.32 Å². The monoisotopic (exact) mass is 196 g/mol. The Morgan fingerprint density at radius 3 is 2.31 bits per heavy atom. The zero-order valence-electron chi connectivity index (χ0n) is 8.12. The van der Waals surface area contributed by atoms with E-state index in [1.54, 1.807) is 0 Å². The first-order chi connectivity index (χ1) is 6.15. The van der Waals surface area contributed by atoms with Crippen LogP contribution in [0.2, 0.25) is 0 Å². The number of likely N-dealkylation sites (N-methyl/N-ethyl adjacent to an activating group) is 1. The second kappa shape index (κ2) is 4.59. The van der Waals surface area contributed by atoms with Gasteiger partial charge < -0.3 is 11.1 Å². The molecule has 13 heavy (non-hydrogen) atoms. The first-order valence-corrected chi connectivity index (χ1v) is 5.10. The lowest BCUT2D eigenvalue weighted by Gasteiger charge is -2.19. The summed E-state index contributed by atoms with van der Waals surface area (Å²) in [6.45, 7) is 2.16. The fourth-order valence-corrected chi connectivity index (χ4v) is 1.60. The number of nitrogens with two attached hydrogens (primary N) is 1. The molecule has 3 atom stereocenters. The predicted molar refractivity (Wildman–Crippen MR) is 61.8 cm³/mol. The third kappa shape index (κ3) is 2.68. The largest absolute Gasteiger partial charge is 0.399 e. The van der Waals surface area contributed by atoms with Gasteiger partial charge in [-0.15, -0.1) is 9.24 Å². The van der Waals surface area contributed by atoms with Crippen LogP contribution in [0.4, 0.5) is 5.69 Å². The first kappa shape index (κ1) is 10.5. The maximum Gasteiger partial charge on any atom is 0.0314 e. The topological polar surface area (TPSA) is 38.0 Å². The van der Waals surface area contributed by atoms with Gasteiger partial charge in [-0.2, -0.15) is 0 Å². The summed E-state index contributed by atoms with van der Waals surface area (Å²) in [5, 5.41) is 3.23. The highest BCUT2D eigenvalue weighted by molar-refractivity contribution is 7.17. The van der Waals surface area contributed by atoms with Gasteiger partial charge in [0, 0.05) is 17.4 Å². The molecule has 0 aliphatic rings. The van der Waals surface area contributed by atoms with Crippen LogP contribution in [0.15, 0.2) is 24.3 Å². The Labute approximate surface area is 82.1 Å². The van der Waals surface area contributed by atoms with Gasteiger partial charge in [0.05, 0.1) is 0 Å². The van der Waals surface area contributed by atoms with Gasteiger partial charge in [0.25, 0.3) is 0 Å². The molecule has 1 aromatic carbocycles. The van der Waals surface area contributed by atoms with Gasteiger partial charge in [-0.1, -0.05) is 12.1 Å². The van der Waals surface area contributed by atoms with Crippen molar-refractivity contribution in [3.05, 3.63) is 29.8 Å². The van der Waals surface area contributed by atoms with E-state index >= 15 is 0 Å². The smallest absolute Gasteiger partial charge is 0.0314 e. The van der Waals surface area contributed by atoms with E-state index in [1.165, 1.54) is 5.56 Å². The van der Waals surface area contributed by atoms with Crippen molar-refractivity contribution in [3.8, 4) is 0 Å². The minimum atomic E-state index is 0.436. The molecule has 0 spiro atoms. The van der Waals surface area contributed by atoms with Crippen LogP contribution >= 0.6 is 9.24 Å². The normalized spacial score (nSPS) is 15.3. The fourth-order valence-electron chi connectivity index (χ4n) is 1.19. The first-order valence-electron chi connectivity index (χ1n) is 4.43. The van der Waals surface area contributed by atoms with Gasteiger partial charge in [-0.05, 0) is 31.7 Å². The molecular weight excluding hydrogens is 179 g/mol. The van der Waals surface area contributed by atoms with E-state index in [0.29, 0.717) is 11.7 Å². The van der Waals surface area contributed by atoms with Crippen LogP contribution in [0.5, 0.6) is 0 Å². The molecule has 0 aliphatic heterocycles. The molecule has 3 heteroatoms. The number of nitrogens with one attached hydrogen (secondary N) is 1. The number of benzene rings is 1. The van der Waals surface area contributed by atoms with Crippen molar-refractivity contribution in [3.63, 3.8) is 0 Å². The zero-order valence-corrected chi connectivity index (χ0v) is 9.27. The minimum absolute atomic E-state index is 0.436. The summed E-state index contributed by atoms with van der Waals surface area (Å²) in [5.74, 6) is 0. The molecule has 0 amide bonds. The highest BCUT2D eigenvalue weighted by Crippen LogP contribution is 2.26. The molecule has 1 aromatic rings. The summed E-state index contributed by atoms with van der Waals surface area (Å²) in [7, 11) is 4.82. The Kier molecular flexibility index (Phi) is 3.71.